The predicted molar refractivity (Wildman–Crippen MR) is 67.2 cm³/mol. The minimum Gasteiger partial charge on any atom is -0.478 e. The fourth-order valence-electron chi connectivity index (χ4n) is 2.26. The van der Waals surface area contributed by atoms with E-state index in [0.29, 0.717) is 13.0 Å². The third kappa shape index (κ3) is 2.98. The van der Waals surface area contributed by atoms with E-state index in [1.54, 1.807) is 0 Å². The number of anilines is 1. The zero-order valence-electron chi connectivity index (χ0n) is 10.3. The highest BCUT2D eigenvalue weighted by atomic mass is 35.5. The molecule has 1 aromatic heterocycles. The Morgan fingerprint density at radius 3 is 2.80 bits per heavy atom. The summed E-state index contributed by atoms with van der Waals surface area (Å²) in [5.41, 5.74) is -0.161. The van der Waals surface area contributed by atoms with Gasteiger partial charge in [0, 0.05) is 19.3 Å². The quantitative estimate of drug-likeness (QED) is 0.911. The molecule has 1 unspecified atom stereocenters. The number of pyridine rings is 1. The molecule has 4 nitrogen and oxygen atoms in total. The summed E-state index contributed by atoms with van der Waals surface area (Å²) in [5, 5.41) is 8.84. The van der Waals surface area contributed by atoms with Gasteiger partial charge in [-0.1, -0.05) is 11.6 Å². The summed E-state index contributed by atoms with van der Waals surface area (Å²) in [5.74, 6) is -2.58. The molecular formula is C12H12ClF3N2O2. The van der Waals surface area contributed by atoms with Crippen LogP contribution in [0.4, 0.5) is 19.0 Å². The van der Waals surface area contributed by atoms with Gasteiger partial charge in [0.05, 0.1) is 16.5 Å². The Hall–Kier alpha value is -1.50. The highest BCUT2D eigenvalue weighted by Crippen LogP contribution is 2.36. The summed E-state index contributed by atoms with van der Waals surface area (Å²) in [6.45, 7) is 0.127. The van der Waals surface area contributed by atoms with Crippen molar-refractivity contribution in [3.8, 4) is 0 Å². The minimum absolute atomic E-state index is 0.0657. The number of rotatable bonds is 2. The maximum Gasteiger partial charge on any atom is 0.393 e. The number of aromatic nitrogens is 1. The second-order valence-electron chi connectivity index (χ2n) is 4.63. The fraction of sp³-hybridized carbons (Fsp3) is 0.500. The van der Waals surface area contributed by atoms with Crippen molar-refractivity contribution in [2.75, 3.05) is 18.0 Å². The van der Waals surface area contributed by atoms with Crippen molar-refractivity contribution >= 4 is 23.4 Å². The maximum absolute atomic E-state index is 12.8. The van der Waals surface area contributed by atoms with Gasteiger partial charge >= 0.3 is 12.1 Å². The van der Waals surface area contributed by atoms with Crippen LogP contribution < -0.4 is 4.90 Å². The first-order valence-corrected chi connectivity index (χ1v) is 6.38. The van der Waals surface area contributed by atoms with Crippen LogP contribution >= 0.6 is 11.6 Å². The summed E-state index contributed by atoms with van der Waals surface area (Å²) < 4.78 is 38.3. The molecule has 8 heteroatoms. The van der Waals surface area contributed by atoms with Crippen molar-refractivity contribution in [1.82, 2.24) is 4.98 Å². The second-order valence-corrected chi connectivity index (χ2v) is 5.01. The van der Waals surface area contributed by atoms with Gasteiger partial charge in [-0.05, 0) is 18.9 Å². The van der Waals surface area contributed by atoms with Crippen molar-refractivity contribution in [2.24, 2.45) is 5.92 Å². The van der Waals surface area contributed by atoms with Crippen LogP contribution in [0.2, 0.25) is 5.02 Å². The average molecular weight is 309 g/mol. The van der Waals surface area contributed by atoms with Crippen molar-refractivity contribution in [3.05, 3.63) is 22.8 Å². The molecule has 1 aliphatic heterocycles. The normalized spacial score (nSPS) is 20.0. The number of carboxylic acids is 1. The largest absolute Gasteiger partial charge is 0.478 e. The molecule has 2 heterocycles. The lowest BCUT2D eigenvalue weighted by Crippen LogP contribution is -2.42. The molecule has 1 fully saturated rings. The van der Waals surface area contributed by atoms with Gasteiger partial charge in [-0.15, -0.1) is 0 Å². The van der Waals surface area contributed by atoms with E-state index in [0.717, 1.165) is 0 Å². The first-order chi connectivity index (χ1) is 9.30. The van der Waals surface area contributed by atoms with E-state index in [4.69, 9.17) is 16.7 Å². The first-order valence-electron chi connectivity index (χ1n) is 6.00. The molecule has 110 valence electrons. The number of carbonyl (C=O) groups is 1. The Bertz CT molecular complexity index is 522. The zero-order valence-corrected chi connectivity index (χ0v) is 11.1. The number of aromatic carboxylic acids is 1. The molecular weight excluding hydrogens is 297 g/mol. The van der Waals surface area contributed by atoms with Crippen LogP contribution in [-0.4, -0.2) is 35.3 Å². The Kier molecular flexibility index (Phi) is 4.08. The lowest BCUT2D eigenvalue weighted by Gasteiger charge is -2.34. The minimum atomic E-state index is -4.27. The highest BCUT2D eigenvalue weighted by Gasteiger charge is 2.42. The highest BCUT2D eigenvalue weighted by molar-refractivity contribution is 6.35. The van der Waals surface area contributed by atoms with E-state index in [9.17, 15) is 18.0 Å². The van der Waals surface area contributed by atoms with Gasteiger partial charge in [0.1, 0.15) is 5.82 Å². The van der Waals surface area contributed by atoms with Gasteiger partial charge in [0.25, 0.3) is 0 Å². The maximum atomic E-state index is 12.8. The standard InChI is InChI=1S/C12H12ClF3N2O2/c13-9-8(11(19)20)3-4-17-10(9)18-5-1-2-7(6-18)12(14,15)16/h3-4,7H,1-2,5-6H2,(H,19,20). The van der Waals surface area contributed by atoms with Crippen LogP contribution in [0.15, 0.2) is 12.3 Å². The smallest absolute Gasteiger partial charge is 0.393 e. The second kappa shape index (κ2) is 5.47. The molecule has 0 amide bonds. The molecule has 0 spiro atoms. The van der Waals surface area contributed by atoms with Crippen LogP contribution in [0.1, 0.15) is 23.2 Å². The van der Waals surface area contributed by atoms with Crippen LogP contribution in [0.5, 0.6) is 0 Å². The Labute approximate surface area is 118 Å². The SMILES string of the molecule is O=C(O)c1ccnc(N2CCCC(C(F)(F)F)C2)c1Cl. The summed E-state index contributed by atoms with van der Waals surface area (Å²) >= 11 is 5.93. The molecule has 1 saturated heterocycles. The van der Waals surface area contributed by atoms with Gasteiger partial charge in [-0.25, -0.2) is 9.78 Å². The van der Waals surface area contributed by atoms with Gasteiger partial charge in [-0.3, -0.25) is 0 Å². The third-order valence-corrected chi connectivity index (χ3v) is 3.66. The monoisotopic (exact) mass is 308 g/mol. The average Bonchev–Trinajstić information content (AvgIpc) is 2.38. The van der Waals surface area contributed by atoms with Crippen molar-refractivity contribution in [1.29, 1.82) is 0 Å². The lowest BCUT2D eigenvalue weighted by atomic mass is 9.97. The van der Waals surface area contributed by atoms with Crippen LogP contribution in [0, 0.1) is 5.92 Å². The van der Waals surface area contributed by atoms with E-state index in [1.807, 2.05) is 0 Å². The van der Waals surface area contributed by atoms with Crippen molar-refractivity contribution in [3.63, 3.8) is 0 Å². The van der Waals surface area contributed by atoms with E-state index < -0.39 is 18.1 Å². The summed E-state index contributed by atoms with van der Waals surface area (Å²) in [7, 11) is 0. The molecule has 1 aliphatic rings. The molecule has 0 aromatic carbocycles. The van der Waals surface area contributed by atoms with E-state index in [2.05, 4.69) is 4.98 Å². The van der Waals surface area contributed by atoms with Gasteiger partial charge in [0.2, 0.25) is 0 Å². The van der Waals surface area contributed by atoms with Crippen LogP contribution in [-0.2, 0) is 0 Å². The van der Waals surface area contributed by atoms with Crippen LogP contribution in [0.25, 0.3) is 0 Å². The Balaban J connectivity index is 2.28. The van der Waals surface area contributed by atoms with E-state index in [1.165, 1.54) is 17.2 Å². The van der Waals surface area contributed by atoms with Crippen LogP contribution in [0.3, 0.4) is 0 Å². The Morgan fingerprint density at radius 2 is 2.20 bits per heavy atom. The molecule has 1 aromatic rings. The van der Waals surface area contributed by atoms with E-state index in [-0.39, 0.29) is 29.4 Å². The van der Waals surface area contributed by atoms with Crippen molar-refractivity contribution < 1.29 is 23.1 Å². The van der Waals surface area contributed by atoms with Gasteiger partial charge in [0.15, 0.2) is 0 Å². The molecule has 2 rings (SSSR count). The summed E-state index contributed by atoms with van der Waals surface area (Å²) in [6.07, 6.45) is -2.60. The Morgan fingerprint density at radius 1 is 1.50 bits per heavy atom. The number of piperidine rings is 1. The number of alkyl halides is 3. The fourth-order valence-corrected chi connectivity index (χ4v) is 2.57. The van der Waals surface area contributed by atoms with Gasteiger partial charge < -0.3 is 10.0 Å². The number of carboxylic acid groups (broad SMARTS) is 1. The molecule has 0 aliphatic carbocycles. The third-order valence-electron chi connectivity index (χ3n) is 3.29. The number of hydrogen-bond donors (Lipinski definition) is 1. The van der Waals surface area contributed by atoms with E-state index >= 15 is 0 Å². The number of nitrogens with zero attached hydrogens (tertiary/aromatic N) is 2. The van der Waals surface area contributed by atoms with Gasteiger partial charge in [-0.2, -0.15) is 13.2 Å². The summed E-state index contributed by atoms with van der Waals surface area (Å²) in [4.78, 5) is 16.3. The topological polar surface area (TPSA) is 53.4 Å². The molecule has 0 radical (unpaired) electrons. The number of halogens is 4. The molecule has 0 saturated carbocycles. The molecule has 0 bridgehead atoms. The molecule has 1 N–H and O–H groups in total. The zero-order chi connectivity index (χ0) is 14.9. The predicted octanol–water partition coefficient (Wildman–Crippen LogP) is 3.21. The molecule has 20 heavy (non-hydrogen) atoms. The van der Waals surface area contributed by atoms with Crippen molar-refractivity contribution in [2.45, 2.75) is 19.0 Å². The lowest BCUT2D eigenvalue weighted by molar-refractivity contribution is -0.176. The first kappa shape index (κ1) is 14.9. The number of hydrogen-bond acceptors (Lipinski definition) is 3. The molecule has 1 atom stereocenters. The summed E-state index contributed by atoms with van der Waals surface area (Å²) in [6, 6.07) is 1.22.